The van der Waals surface area contributed by atoms with Crippen LogP contribution in [0.2, 0.25) is 5.02 Å². The van der Waals surface area contributed by atoms with Crippen molar-refractivity contribution in [3.05, 3.63) is 23.2 Å². The number of anilines is 1. The largest absolute Gasteiger partial charge is 0.378 e. The molecule has 1 atom stereocenters. The molecule has 0 aliphatic carbocycles. The summed E-state index contributed by atoms with van der Waals surface area (Å²) in [4.78, 5) is 13.1. The Morgan fingerprint density at radius 1 is 1.60 bits per heavy atom. The van der Waals surface area contributed by atoms with Gasteiger partial charge in [-0.3, -0.25) is 4.79 Å². The number of nitrogens with one attached hydrogen (secondary N) is 2. The topological polar surface area (TPSA) is 50.4 Å². The number of halogens is 1. The lowest BCUT2D eigenvalue weighted by Crippen LogP contribution is -2.43. The Bertz CT molecular complexity index is 464. The molecular weight excluding hydrogens is 296 g/mol. The van der Waals surface area contributed by atoms with Crippen molar-refractivity contribution < 1.29 is 9.53 Å². The maximum atomic E-state index is 12.1. The van der Waals surface area contributed by atoms with Crippen molar-refractivity contribution in [1.82, 2.24) is 5.32 Å². The van der Waals surface area contributed by atoms with Crippen LogP contribution in [0.5, 0.6) is 0 Å². The van der Waals surface area contributed by atoms with E-state index < -0.39 is 0 Å². The molecule has 0 bridgehead atoms. The molecular formula is C14H19ClN2O2S. The highest BCUT2D eigenvalue weighted by Gasteiger charge is 2.17. The maximum absolute atomic E-state index is 12.1. The van der Waals surface area contributed by atoms with Gasteiger partial charge in [0.2, 0.25) is 5.91 Å². The third-order valence-corrected chi connectivity index (χ3v) is 4.14. The number of thioether (sulfide) groups is 1. The van der Waals surface area contributed by atoms with E-state index in [0.29, 0.717) is 24.7 Å². The van der Waals surface area contributed by atoms with E-state index in [1.165, 1.54) is 0 Å². The summed E-state index contributed by atoms with van der Waals surface area (Å²) in [5, 5.41) is 6.84. The van der Waals surface area contributed by atoms with Crippen molar-refractivity contribution in [2.24, 2.45) is 0 Å². The van der Waals surface area contributed by atoms with Gasteiger partial charge in [-0.05, 0) is 24.0 Å². The first-order chi connectivity index (χ1) is 9.69. The summed E-state index contributed by atoms with van der Waals surface area (Å²) in [5.41, 5.74) is 0.783. The smallest absolute Gasteiger partial charge is 0.226 e. The van der Waals surface area contributed by atoms with Crippen molar-refractivity contribution in [2.75, 3.05) is 30.8 Å². The number of hydrogen-bond donors (Lipinski definition) is 2. The molecule has 1 aliphatic rings. The molecule has 0 radical (unpaired) electrons. The van der Waals surface area contributed by atoms with Crippen molar-refractivity contribution in [2.45, 2.75) is 24.3 Å². The van der Waals surface area contributed by atoms with E-state index >= 15 is 0 Å². The first kappa shape index (κ1) is 15.6. The minimum atomic E-state index is -0.0202. The van der Waals surface area contributed by atoms with Crippen LogP contribution in [0.1, 0.15) is 13.3 Å². The monoisotopic (exact) mass is 314 g/mol. The minimum Gasteiger partial charge on any atom is -0.378 e. The summed E-state index contributed by atoms with van der Waals surface area (Å²) in [6, 6.07) is 5.66. The average Bonchev–Trinajstić information content (AvgIpc) is 2.43. The Kier molecular flexibility index (Phi) is 6.16. The van der Waals surface area contributed by atoms with E-state index in [1.807, 2.05) is 12.1 Å². The molecule has 1 saturated heterocycles. The first-order valence-electron chi connectivity index (χ1n) is 6.72. The highest BCUT2D eigenvalue weighted by Crippen LogP contribution is 2.30. The van der Waals surface area contributed by atoms with Crippen LogP contribution in [0.15, 0.2) is 23.1 Å². The zero-order valence-corrected chi connectivity index (χ0v) is 13.0. The summed E-state index contributed by atoms with van der Waals surface area (Å²) >= 11 is 7.68. The van der Waals surface area contributed by atoms with Crippen LogP contribution in [0.25, 0.3) is 0 Å². The number of hydrogen-bond acceptors (Lipinski definition) is 4. The lowest BCUT2D eigenvalue weighted by Gasteiger charge is -2.23. The maximum Gasteiger partial charge on any atom is 0.226 e. The standard InChI is InChI=1S/C14H19ClN2O2S/c1-2-20-13-4-3-10(15)7-12(13)17-14(18)8-11-9-19-6-5-16-11/h3-4,7,11,16H,2,5-6,8-9H2,1H3,(H,17,18). The summed E-state index contributed by atoms with van der Waals surface area (Å²) in [6.45, 7) is 4.17. The molecule has 1 aliphatic heterocycles. The number of morpholine rings is 1. The van der Waals surface area contributed by atoms with Gasteiger partial charge in [0.05, 0.1) is 18.9 Å². The third kappa shape index (κ3) is 4.66. The van der Waals surface area contributed by atoms with E-state index in [-0.39, 0.29) is 11.9 Å². The molecule has 1 amide bonds. The highest BCUT2D eigenvalue weighted by molar-refractivity contribution is 7.99. The molecule has 110 valence electrons. The predicted octanol–water partition coefficient (Wildman–Crippen LogP) is 2.77. The normalized spacial score (nSPS) is 18.8. The Labute approximate surface area is 128 Å². The number of rotatable bonds is 5. The molecule has 0 saturated carbocycles. The van der Waals surface area contributed by atoms with E-state index in [1.54, 1.807) is 17.8 Å². The molecule has 1 aromatic rings. The molecule has 2 N–H and O–H groups in total. The van der Waals surface area contributed by atoms with E-state index in [0.717, 1.165) is 22.9 Å². The molecule has 2 rings (SSSR count). The van der Waals surface area contributed by atoms with Crippen molar-refractivity contribution >= 4 is 35.0 Å². The van der Waals surface area contributed by atoms with Gasteiger partial charge in [0.15, 0.2) is 0 Å². The zero-order chi connectivity index (χ0) is 14.4. The van der Waals surface area contributed by atoms with Crippen LogP contribution in [-0.4, -0.2) is 37.5 Å². The van der Waals surface area contributed by atoms with Gasteiger partial charge in [0.25, 0.3) is 0 Å². The van der Waals surface area contributed by atoms with Crippen molar-refractivity contribution in [3.8, 4) is 0 Å². The molecule has 20 heavy (non-hydrogen) atoms. The van der Waals surface area contributed by atoms with Gasteiger partial charge in [0.1, 0.15) is 0 Å². The van der Waals surface area contributed by atoms with Gasteiger partial charge in [-0.15, -0.1) is 11.8 Å². The number of carbonyl (C=O) groups excluding carboxylic acids is 1. The molecule has 0 spiro atoms. The molecule has 0 aromatic heterocycles. The first-order valence-corrected chi connectivity index (χ1v) is 8.08. The van der Waals surface area contributed by atoms with Gasteiger partial charge in [-0.25, -0.2) is 0 Å². The predicted molar refractivity (Wildman–Crippen MR) is 83.7 cm³/mol. The summed E-state index contributed by atoms with van der Waals surface area (Å²) in [6.07, 6.45) is 0.406. The van der Waals surface area contributed by atoms with E-state index in [2.05, 4.69) is 17.6 Å². The van der Waals surface area contributed by atoms with E-state index in [4.69, 9.17) is 16.3 Å². The third-order valence-electron chi connectivity index (χ3n) is 2.95. The Morgan fingerprint density at radius 3 is 3.15 bits per heavy atom. The van der Waals surface area contributed by atoms with E-state index in [9.17, 15) is 4.79 Å². The van der Waals surface area contributed by atoms with Crippen LogP contribution < -0.4 is 10.6 Å². The molecule has 1 unspecified atom stereocenters. The van der Waals surface area contributed by atoms with Crippen molar-refractivity contribution in [1.29, 1.82) is 0 Å². The van der Waals surface area contributed by atoms with Crippen LogP contribution in [0.3, 0.4) is 0 Å². The second kappa shape index (κ2) is 7.88. The van der Waals surface area contributed by atoms with Crippen LogP contribution in [0.4, 0.5) is 5.69 Å². The average molecular weight is 315 g/mol. The summed E-state index contributed by atoms with van der Waals surface area (Å²) in [7, 11) is 0. The highest BCUT2D eigenvalue weighted by atomic mass is 35.5. The van der Waals surface area contributed by atoms with Crippen LogP contribution >= 0.6 is 23.4 Å². The van der Waals surface area contributed by atoms with Crippen LogP contribution in [-0.2, 0) is 9.53 Å². The molecule has 1 aromatic carbocycles. The molecule has 1 fully saturated rings. The number of ether oxygens (including phenoxy) is 1. The van der Waals surface area contributed by atoms with Gasteiger partial charge in [-0.2, -0.15) is 0 Å². The SMILES string of the molecule is CCSc1ccc(Cl)cc1NC(=O)CC1COCCN1. The fourth-order valence-corrected chi connectivity index (χ4v) is 2.97. The fourth-order valence-electron chi connectivity index (χ4n) is 2.06. The Hall–Kier alpha value is -0.750. The Balaban J connectivity index is 1.97. The van der Waals surface area contributed by atoms with Gasteiger partial charge in [0, 0.05) is 28.9 Å². The fraction of sp³-hybridized carbons (Fsp3) is 0.500. The molecule has 6 heteroatoms. The second-order valence-electron chi connectivity index (χ2n) is 4.55. The second-order valence-corrected chi connectivity index (χ2v) is 6.29. The molecule has 1 heterocycles. The zero-order valence-electron chi connectivity index (χ0n) is 11.4. The minimum absolute atomic E-state index is 0.0202. The molecule has 4 nitrogen and oxygen atoms in total. The van der Waals surface area contributed by atoms with Gasteiger partial charge >= 0.3 is 0 Å². The number of carbonyl (C=O) groups is 1. The van der Waals surface area contributed by atoms with Crippen molar-refractivity contribution in [3.63, 3.8) is 0 Å². The quantitative estimate of drug-likeness (QED) is 0.821. The summed E-state index contributed by atoms with van der Waals surface area (Å²) in [5.74, 6) is 0.927. The lowest BCUT2D eigenvalue weighted by atomic mass is 10.2. The van der Waals surface area contributed by atoms with Gasteiger partial charge < -0.3 is 15.4 Å². The lowest BCUT2D eigenvalue weighted by molar-refractivity contribution is -0.117. The summed E-state index contributed by atoms with van der Waals surface area (Å²) < 4.78 is 5.35. The number of benzene rings is 1. The van der Waals surface area contributed by atoms with Gasteiger partial charge in [-0.1, -0.05) is 18.5 Å². The van der Waals surface area contributed by atoms with Crippen LogP contribution in [0, 0.1) is 0 Å². The Morgan fingerprint density at radius 2 is 2.45 bits per heavy atom. The number of amides is 1.